The number of nitrogens with zero attached hydrogens (tertiary/aromatic N) is 2. The summed E-state index contributed by atoms with van der Waals surface area (Å²) in [5.74, 6) is 2.55. The molecule has 7 rings (SSSR count). The Hall–Kier alpha value is -6.93. The zero-order valence-electron chi connectivity index (χ0n) is 32.9. The fraction of sp³-hybridized carbons (Fsp3) is 0.143. The van der Waals surface area contributed by atoms with E-state index in [0.29, 0.717) is 11.3 Å². The maximum absolute atomic E-state index is 14.3. The Morgan fingerprint density at radius 1 is 0.889 bits per heavy atom. The largest absolute Gasteiger partial charge is 0.744 e. The Kier molecular flexibility index (Phi) is 11.7. The number of carbonyl (C=O) groups is 3. The van der Waals surface area contributed by atoms with E-state index in [4.69, 9.17) is 15.6 Å². The molecule has 0 atom stereocenters. The third kappa shape index (κ3) is 9.03. The molecule has 0 aromatic heterocycles. The molecule has 0 spiro atoms. The van der Waals surface area contributed by atoms with Crippen molar-refractivity contribution >= 4 is 70.4 Å². The van der Waals surface area contributed by atoms with Gasteiger partial charge in [-0.1, -0.05) is 48.2 Å². The number of hydrogen-bond acceptors (Lipinski definition) is 12. The molecular weight excluding hydrogens is 879 g/mol. The third-order valence-electron chi connectivity index (χ3n) is 10.1. The van der Waals surface area contributed by atoms with Crippen LogP contribution in [-0.4, -0.2) is 87.4 Å². The molecule has 3 aliphatic rings. The Bertz CT molecular complexity index is 3360. The lowest BCUT2D eigenvalue weighted by Gasteiger charge is -2.26. The smallest absolute Gasteiger partial charge is 0.300 e. The molecule has 3 amide bonds. The molecule has 7 N–H and O–H groups in total. The van der Waals surface area contributed by atoms with Gasteiger partial charge in [0.05, 0.1) is 23.7 Å². The van der Waals surface area contributed by atoms with Gasteiger partial charge in [0.2, 0.25) is 11.3 Å². The molecule has 4 aromatic rings. The van der Waals surface area contributed by atoms with Gasteiger partial charge in [0.25, 0.3) is 32.1 Å². The molecule has 324 valence electrons. The number of nitrogen functional groups attached to an aromatic ring is 1. The van der Waals surface area contributed by atoms with Crippen LogP contribution in [0.1, 0.15) is 43.8 Å². The van der Waals surface area contributed by atoms with Gasteiger partial charge in [-0.05, 0) is 59.7 Å². The number of rotatable bonds is 11. The summed E-state index contributed by atoms with van der Waals surface area (Å²) in [7, 11) is -14.1. The number of nitrogens with two attached hydrogens (primary N) is 2. The SMILES string of the molecule is CN(CCS(=O)(=O)O)C(=O)c1cc(C(=O)NCCC(=O)N2Cc3ccccc3C#Cc3ccccc32)ccc1-c1c2ccc(=[NH2+])c(S(=O)(=O)[O-])c-2oc2c(S(=O)(=O)O)c(N)ccc12. The number of nitrogens with one attached hydrogen (secondary N) is 1. The number of benzene rings is 5. The quantitative estimate of drug-likeness (QED) is 0.0534. The van der Waals surface area contributed by atoms with E-state index >= 15 is 0 Å². The molecule has 2 heterocycles. The highest BCUT2D eigenvalue weighted by atomic mass is 32.2. The average molecular weight is 914 g/mol. The molecular formula is C42H35N5O13S3. The lowest BCUT2D eigenvalue weighted by Crippen LogP contribution is -2.47. The topological polar surface area (TPSA) is 300 Å². The summed E-state index contributed by atoms with van der Waals surface area (Å²) >= 11 is 0. The minimum Gasteiger partial charge on any atom is -0.744 e. The van der Waals surface area contributed by atoms with E-state index in [1.54, 1.807) is 29.2 Å². The Morgan fingerprint density at radius 3 is 2.25 bits per heavy atom. The van der Waals surface area contributed by atoms with Gasteiger partial charge < -0.3 is 29.8 Å². The van der Waals surface area contributed by atoms with Crippen LogP contribution >= 0.6 is 0 Å². The van der Waals surface area contributed by atoms with Gasteiger partial charge in [0, 0.05) is 71.4 Å². The molecule has 4 aromatic carbocycles. The summed E-state index contributed by atoms with van der Waals surface area (Å²) in [4.78, 5) is 42.3. The van der Waals surface area contributed by atoms with Crippen molar-refractivity contribution in [1.29, 1.82) is 0 Å². The van der Waals surface area contributed by atoms with Crippen LogP contribution in [0.15, 0.2) is 105 Å². The van der Waals surface area contributed by atoms with E-state index in [1.807, 2.05) is 24.3 Å². The highest BCUT2D eigenvalue weighted by molar-refractivity contribution is 7.86. The van der Waals surface area contributed by atoms with Gasteiger partial charge in [-0.2, -0.15) is 16.8 Å². The van der Waals surface area contributed by atoms with E-state index in [9.17, 15) is 53.3 Å². The molecule has 0 saturated heterocycles. The lowest BCUT2D eigenvalue weighted by molar-refractivity contribution is -0.176. The first-order valence-corrected chi connectivity index (χ1v) is 23.1. The highest BCUT2D eigenvalue weighted by Crippen LogP contribution is 2.46. The van der Waals surface area contributed by atoms with Gasteiger partial charge in [-0.25, -0.2) is 8.42 Å². The maximum Gasteiger partial charge on any atom is 0.300 e. The zero-order valence-corrected chi connectivity index (χ0v) is 35.3. The molecule has 0 unspecified atom stereocenters. The second-order valence-electron chi connectivity index (χ2n) is 14.3. The number of carbonyl (C=O) groups excluding carboxylic acids is 3. The van der Waals surface area contributed by atoms with Crippen LogP contribution < -0.4 is 26.7 Å². The fourth-order valence-electron chi connectivity index (χ4n) is 7.18. The van der Waals surface area contributed by atoms with Crippen LogP contribution in [0.5, 0.6) is 0 Å². The number of para-hydroxylation sites is 1. The summed E-state index contributed by atoms with van der Waals surface area (Å²) in [6.07, 6.45) is -0.170. The predicted octanol–water partition coefficient (Wildman–Crippen LogP) is 1.62. The van der Waals surface area contributed by atoms with E-state index in [2.05, 4.69) is 17.2 Å². The Balaban J connectivity index is 1.31. The van der Waals surface area contributed by atoms with Gasteiger partial charge in [-0.15, -0.1) is 0 Å². The van der Waals surface area contributed by atoms with Crippen molar-refractivity contribution in [3.8, 4) is 34.3 Å². The van der Waals surface area contributed by atoms with Gasteiger partial charge in [-0.3, -0.25) is 28.9 Å². The van der Waals surface area contributed by atoms with E-state index in [-0.39, 0.29) is 58.6 Å². The summed E-state index contributed by atoms with van der Waals surface area (Å²) in [6, 6.07) is 22.8. The van der Waals surface area contributed by atoms with Crippen molar-refractivity contribution in [3.05, 3.63) is 124 Å². The second kappa shape index (κ2) is 16.7. The van der Waals surface area contributed by atoms with Crippen LogP contribution in [0.2, 0.25) is 0 Å². The zero-order chi connectivity index (χ0) is 45.6. The Morgan fingerprint density at radius 2 is 1.56 bits per heavy atom. The normalized spacial score (nSPS) is 12.7. The van der Waals surface area contributed by atoms with Crippen LogP contribution in [0.3, 0.4) is 0 Å². The van der Waals surface area contributed by atoms with Gasteiger partial charge >= 0.3 is 0 Å². The standard InChI is InChI=1S/C42H35N5O13S3/c1-46(20-21-61(51,52)53)42(50)31-22-26(41(49)45-19-18-35(48)47-23-27-8-3-2-6-24(27)10-11-25-7-4-5-9-34(25)47)12-13-28(31)36-29-14-16-32(43)39(62(54,55)56)37(29)60-38-30(36)15-17-33(44)40(38)63(57,58)59/h2-9,12-17,22,43H,18-21,23,44H2,1H3,(H,45,49)(H,51,52,53)(H,54,55,56)(H,57,58,59). The Labute approximate surface area is 360 Å². The van der Waals surface area contributed by atoms with Gasteiger partial charge in [0.1, 0.15) is 10.1 Å². The number of amides is 3. The van der Waals surface area contributed by atoms with E-state index in [1.165, 1.54) is 31.3 Å². The molecule has 18 nitrogen and oxygen atoms in total. The summed E-state index contributed by atoms with van der Waals surface area (Å²) in [5, 5.41) is 7.81. The first kappa shape index (κ1) is 44.1. The molecule has 0 bridgehead atoms. The summed E-state index contributed by atoms with van der Waals surface area (Å²) in [5.41, 5.74) is 6.43. The number of anilines is 2. The predicted molar refractivity (Wildman–Crippen MR) is 226 cm³/mol. The molecule has 21 heteroatoms. The molecule has 0 fully saturated rings. The summed E-state index contributed by atoms with van der Waals surface area (Å²) in [6.45, 7) is -0.530. The summed E-state index contributed by atoms with van der Waals surface area (Å²) < 4.78 is 112. The number of fused-ring (bicyclic) bond motifs is 4. The minimum atomic E-state index is -5.47. The van der Waals surface area contributed by atoms with Gasteiger partial charge in [0.15, 0.2) is 21.1 Å². The third-order valence-corrected chi connectivity index (χ3v) is 12.7. The van der Waals surface area contributed by atoms with Crippen LogP contribution in [0.25, 0.3) is 33.4 Å². The van der Waals surface area contributed by atoms with Crippen molar-refractivity contribution in [2.45, 2.75) is 22.8 Å². The number of hydrogen-bond donors (Lipinski definition) is 5. The molecule has 0 saturated carbocycles. The van der Waals surface area contributed by atoms with Crippen LogP contribution in [0, 0.1) is 11.8 Å². The van der Waals surface area contributed by atoms with Crippen LogP contribution in [0.4, 0.5) is 11.4 Å². The second-order valence-corrected chi connectivity index (χ2v) is 18.6. The lowest BCUT2D eigenvalue weighted by atomic mass is 9.89. The van der Waals surface area contributed by atoms with Crippen molar-refractivity contribution in [3.63, 3.8) is 0 Å². The van der Waals surface area contributed by atoms with E-state index < -0.39 is 86.6 Å². The van der Waals surface area contributed by atoms with E-state index in [0.717, 1.165) is 34.2 Å². The average Bonchev–Trinajstić information content (AvgIpc) is 3.20. The monoisotopic (exact) mass is 913 g/mol. The van der Waals surface area contributed by atoms with Crippen molar-refractivity contribution in [2.75, 3.05) is 36.5 Å². The molecule has 1 aliphatic carbocycles. The van der Waals surface area contributed by atoms with Crippen molar-refractivity contribution < 1.29 is 63.1 Å². The highest BCUT2D eigenvalue weighted by Gasteiger charge is 2.32. The fourth-order valence-corrected chi connectivity index (χ4v) is 9.17. The molecule has 2 aliphatic heterocycles. The molecule has 63 heavy (non-hydrogen) atoms. The van der Waals surface area contributed by atoms with Crippen LogP contribution in [-0.2, 0) is 41.7 Å². The first-order valence-electron chi connectivity index (χ1n) is 18.6. The minimum absolute atomic E-state index is 0.138. The first-order chi connectivity index (χ1) is 29.6. The maximum atomic E-state index is 14.3. The van der Waals surface area contributed by atoms with Crippen molar-refractivity contribution in [2.24, 2.45) is 0 Å². The van der Waals surface area contributed by atoms with Crippen molar-refractivity contribution in [1.82, 2.24) is 10.2 Å². The molecule has 0 radical (unpaired) electrons.